The van der Waals surface area contributed by atoms with E-state index in [1.807, 2.05) is 0 Å². The van der Waals surface area contributed by atoms with Crippen LogP contribution in [0.5, 0.6) is 0 Å². The molecular formula is C25H20F16O12. The van der Waals surface area contributed by atoms with Crippen molar-refractivity contribution in [3.8, 4) is 0 Å². The molecule has 0 saturated carbocycles. The van der Waals surface area contributed by atoms with E-state index >= 15 is 35.1 Å². The Hall–Kier alpha value is -4.44. The van der Waals surface area contributed by atoms with Gasteiger partial charge in [-0.2, -0.15) is 70.2 Å². The lowest BCUT2D eigenvalue weighted by atomic mass is 9.80. The monoisotopic (exact) mass is 816 g/mol. The molecule has 0 spiro atoms. The van der Waals surface area contributed by atoms with Crippen molar-refractivity contribution in [1.29, 1.82) is 0 Å². The Morgan fingerprint density at radius 2 is 0.509 bits per heavy atom. The quantitative estimate of drug-likeness (QED) is 0.0511. The van der Waals surface area contributed by atoms with Crippen LogP contribution in [0, 0.1) is 5.41 Å². The second-order valence-corrected chi connectivity index (χ2v) is 9.02. The number of carbonyl (C=O) groups excluding carboxylic acids is 4. The first-order valence-corrected chi connectivity index (χ1v) is 12.6. The van der Waals surface area contributed by atoms with Crippen LogP contribution in [-0.4, -0.2) is 99.2 Å². The van der Waals surface area contributed by atoms with Crippen LogP contribution in [0.25, 0.3) is 0 Å². The number of rotatable bonds is 24. The fourth-order valence-electron chi connectivity index (χ4n) is 3.05. The van der Waals surface area contributed by atoms with Gasteiger partial charge in [0.05, 0.1) is 0 Å². The molecule has 0 aromatic heterocycles. The maximum Gasteiger partial charge on any atom is 0.394 e. The van der Waals surface area contributed by atoms with E-state index in [0.29, 0.717) is 0 Å². The molecule has 0 heterocycles. The number of hydrogen-bond donors (Lipinski definition) is 0. The maximum absolute atomic E-state index is 15.6. The van der Waals surface area contributed by atoms with Crippen molar-refractivity contribution < 1.29 is 127 Å². The largest absolute Gasteiger partial charge is 0.453 e. The predicted octanol–water partition coefficient (Wildman–Crippen LogP) is 5.70. The lowest BCUT2D eigenvalue weighted by Crippen LogP contribution is -2.77. The van der Waals surface area contributed by atoms with E-state index in [4.69, 9.17) is 0 Å². The molecule has 0 rings (SSSR count). The highest BCUT2D eigenvalue weighted by Crippen LogP contribution is 2.68. The van der Waals surface area contributed by atoms with E-state index in [0.717, 1.165) is 0 Å². The molecule has 0 atom stereocenters. The summed E-state index contributed by atoms with van der Waals surface area (Å²) in [6.07, 6.45) is -59.4. The molecule has 0 aliphatic rings. The van der Waals surface area contributed by atoms with Crippen LogP contribution in [-0.2, 0) is 57.1 Å². The average molecular weight is 816 g/mol. The van der Waals surface area contributed by atoms with E-state index in [2.05, 4.69) is 64.2 Å². The minimum Gasteiger partial charge on any atom is -0.453 e. The van der Waals surface area contributed by atoms with Crippen molar-refractivity contribution in [2.75, 3.05) is 26.4 Å². The van der Waals surface area contributed by atoms with Crippen molar-refractivity contribution in [1.82, 2.24) is 0 Å². The molecule has 0 amide bonds. The molecule has 53 heavy (non-hydrogen) atoms. The van der Waals surface area contributed by atoms with Gasteiger partial charge in [0.25, 0.3) is 0 Å². The fraction of sp³-hybridized carbons (Fsp3) is 0.520. The summed E-state index contributed by atoms with van der Waals surface area (Å²) in [6, 6.07) is 0. The molecule has 0 bridgehead atoms. The van der Waals surface area contributed by atoms with Crippen molar-refractivity contribution >= 4 is 23.9 Å². The van der Waals surface area contributed by atoms with Crippen LogP contribution in [0.15, 0.2) is 50.6 Å². The van der Waals surface area contributed by atoms with Gasteiger partial charge in [0, 0.05) is 24.3 Å². The second-order valence-electron chi connectivity index (χ2n) is 9.02. The van der Waals surface area contributed by atoms with Crippen LogP contribution in [0.2, 0.25) is 0 Å². The molecule has 0 aromatic carbocycles. The Labute approximate surface area is 283 Å². The van der Waals surface area contributed by atoms with Gasteiger partial charge in [-0.15, -0.1) is 0 Å². The van der Waals surface area contributed by atoms with Gasteiger partial charge in [-0.05, 0) is 0 Å². The summed E-state index contributed by atoms with van der Waals surface area (Å²) in [5.74, 6) is -8.35. The van der Waals surface area contributed by atoms with Crippen LogP contribution < -0.4 is 0 Å². The number of ether oxygens (including phenoxy) is 8. The molecule has 0 unspecified atom stereocenters. The van der Waals surface area contributed by atoms with Gasteiger partial charge >= 0.3 is 78.2 Å². The van der Waals surface area contributed by atoms with E-state index < -0.39 is 105 Å². The third-order valence-electron chi connectivity index (χ3n) is 5.05. The third kappa shape index (κ3) is 12.9. The van der Waals surface area contributed by atoms with E-state index in [1.165, 1.54) is 0 Å². The van der Waals surface area contributed by atoms with Crippen molar-refractivity contribution in [3.63, 3.8) is 0 Å². The van der Waals surface area contributed by atoms with Gasteiger partial charge in [0.15, 0.2) is 26.4 Å². The standard InChI is InChI=1S/C25H20F16O12/c1-5-13(42)46-9-17(26,27)50-22(34,35)21(23(36,37)51-18(28,29)10-47-14(43)6-2,24(38,39)52-19(30,31)11-48-15(44)7-3)25(40,41)53-20(32,33)12-49-16(45)8-4/h5-8H,1-4,9-12H2. The summed E-state index contributed by atoms with van der Waals surface area (Å²) in [7, 11) is 0. The number of halogens is 16. The zero-order chi connectivity index (χ0) is 42.1. The molecule has 0 aliphatic carbocycles. The SMILES string of the molecule is C=CC(=O)OCC(F)(F)OC(F)(F)C(C(F)(F)OC(F)(F)COC(=O)C=C)(C(F)(F)OC(F)(F)COC(=O)C=C)C(F)(F)OC(F)(F)COC(=O)C=C. The third-order valence-corrected chi connectivity index (χ3v) is 5.05. The highest BCUT2D eigenvalue weighted by molar-refractivity contribution is 5.82. The summed E-state index contributed by atoms with van der Waals surface area (Å²) in [4.78, 5) is 44.2. The number of esters is 4. The molecule has 0 aromatic rings. The van der Waals surface area contributed by atoms with Gasteiger partial charge in [-0.25, -0.2) is 19.2 Å². The van der Waals surface area contributed by atoms with Crippen molar-refractivity contribution in [3.05, 3.63) is 50.6 Å². The molecule has 0 saturated heterocycles. The zero-order valence-corrected chi connectivity index (χ0v) is 25.4. The van der Waals surface area contributed by atoms with Crippen LogP contribution >= 0.6 is 0 Å². The van der Waals surface area contributed by atoms with Gasteiger partial charge in [0.1, 0.15) is 0 Å². The van der Waals surface area contributed by atoms with Gasteiger partial charge in [0.2, 0.25) is 0 Å². The number of alkyl halides is 16. The van der Waals surface area contributed by atoms with Crippen molar-refractivity contribution in [2.24, 2.45) is 5.41 Å². The topological polar surface area (TPSA) is 142 Å². The molecule has 12 nitrogen and oxygen atoms in total. The Balaban J connectivity index is 8.23. The molecular weight excluding hydrogens is 796 g/mol. The van der Waals surface area contributed by atoms with E-state index in [-0.39, 0.29) is 24.3 Å². The predicted molar refractivity (Wildman–Crippen MR) is 131 cm³/mol. The molecule has 304 valence electrons. The lowest BCUT2D eigenvalue weighted by molar-refractivity contribution is -0.610. The Kier molecular flexibility index (Phi) is 15.7. The molecule has 0 radical (unpaired) electrons. The normalized spacial score (nSPS) is 13.7. The maximum atomic E-state index is 15.6. The first-order chi connectivity index (χ1) is 23.6. The van der Waals surface area contributed by atoms with Crippen molar-refractivity contribution in [2.45, 2.75) is 48.9 Å². The molecule has 28 heteroatoms. The molecule has 0 fully saturated rings. The highest BCUT2D eigenvalue weighted by atomic mass is 19.3. The lowest BCUT2D eigenvalue weighted by Gasteiger charge is -2.50. The number of hydrogen-bond acceptors (Lipinski definition) is 12. The van der Waals surface area contributed by atoms with Gasteiger partial charge in [-0.1, -0.05) is 26.3 Å². The Morgan fingerprint density at radius 1 is 0.358 bits per heavy atom. The molecule has 0 N–H and O–H groups in total. The average Bonchev–Trinajstić information content (AvgIpc) is 2.97. The number of carbonyl (C=O) groups is 4. The summed E-state index contributed by atoms with van der Waals surface area (Å²) in [6.45, 7) is -2.18. The van der Waals surface area contributed by atoms with E-state index in [1.54, 1.807) is 0 Å². The summed E-state index contributed by atoms with van der Waals surface area (Å²) in [5.41, 5.74) is -8.73. The Bertz CT molecular complexity index is 1180. The highest BCUT2D eigenvalue weighted by Gasteiger charge is 2.97. The first kappa shape index (κ1) is 48.6. The minimum absolute atomic E-state index is 0.0612. The smallest absolute Gasteiger partial charge is 0.394 e. The Morgan fingerprint density at radius 3 is 0.642 bits per heavy atom. The summed E-state index contributed by atoms with van der Waals surface area (Å²) < 4.78 is 262. The van der Waals surface area contributed by atoms with Gasteiger partial charge in [-0.3, -0.25) is 18.9 Å². The van der Waals surface area contributed by atoms with Gasteiger partial charge < -0.3 is 18.9 Å². The zero-order valence-electron chi connectivity index (χ0n) is 25.4. The van der Waals surface area contributed by atoms with Crippen LogP contribution in [0.3, 0.4) is 0 Å². The second kappa shape index (κ2) is 17.1. The van der Waals surface area contributed by atoms with Crippen LogP contribution in [0.4, 0.5) is 70.2 Å². The first-order valence-electron chi connectivity index (χ1n) is 12.6. The summed E-state index contributed by atoms with van der Waals surface area (Å²) in [5, 5.41) is 0. The molecule has 0 aliphatic heterocycles. The van der Waals surface area contributed by atoms with Crippen LogP contribution in [0.1, 0.15) is 0 Å². The fourth-order valence-corrected chi connectivity index (χ4v) is 3.05. The summed E-state index contributed by atoms with van der Waals surface area (Å²) >= 11 is 0. The van der Waals surface area contributed by atoms with E-state index in [9.17, 15) is 54.3 Å². The minimum atomic E-state index is -8.73.